The number of imidazole rings is 1. The molecule has 2 N–H and O–H groups in total. The van der Waals surface area contributed by atoms with Gasteiger partial charge in [0.2, 0.25) is 5.92 Å². The minimum atomic E-state index is -3.07. The van der Waals surface area contributed by atoms with E-state index in [4.69, 9.17) is 9.47 Å². The minimum absolute atomic E-state index is 0.000268. The van der Waals surface area contributed by atoms with E-state index in [9.17, 15) is 32.3 Å². The van der Waals surface area contributed by atoms with Gasteiger partial charge in [0, 0.05) is 25.8 Å². The number of aromatic nitrogens is 4. The Balaban J connectivity index is 1.43. The SMILES string of the molecule is CC(C)(C)OC(=O)N1CCC(O)(C(F)F)CC1c1cnn2cc([C@@H](NC(=O)OCc3ccccc3)C3CCC(F)(F)CC3)nc2n1. The van der Waals surface area contributed by atoms with E-state index in [1.807, 2.05) is 6.07 Å². The molecule has 15 heteroatoms. The third kappa shape index (κ3) is 7.85. The molecular weight excluding hydrogens is 612 g/mol. The lowest BCUT2D eigenvalue weighted by Gasteiger charge is -2.43. The smallest absolute Gasteiger partial charge is 0.410 e. The molecule has 1 aromatic carbocycles. The van der Waals surface area contributed by atoms with Crippen molar-refractivity contribution in [3.05, 3.63) is 59.7 Å². The first-order valence-corrected chi connectivity index (χ1v) is 15.2. The lowest BCUT2D eigenvalue weighted by Crippen LogP contribution is -2.52. The van der Waals surface area contributed by atoms with Crippen molar-refractivity contribution < 1.29 is 41.7 Å². The monoisotopic (exact) mass is 650 g/mol. The molecule has 3 aromatic rings. The predicted octanol–water partition coefficient (Wildman–Crippen LogP) is 5.99. The molecule has 3 heterocycles. The van der Waals surface area contributed by atoms with Gasteiger partial charge in [-0.25, -0.2) is 41.6 Å². The van der Waals surface area contributed by atoms with E-state index in [1.54, 1.807) is 45.0 Å². The van der Waals surface area contributed by atoms with E-state index in [-0.39, 0.29) is 56.7 Å². The van der Waals surface area contributed by atoms with Crippen molar-refractivity contribution >= 4 is 18.0 Å². The van der Waals surface area contributed by atoms with Gasteiger partial charge in [0.25, 0.3) is 12.2 Å². The van der Waals surface area contributed by atoms with Crippen molar-refractivity contribution in [2.45, 2.75) is 102 Å². The summed E-state index contributed by atoms with van der Waals surface area (Å²) in [5.41, 5.74) is -2.07. The van der Waals surface area contributed by atoms with Crippen LogP contribution in [0.4, 0.5) is 27.2 Å². The van der Waals surface area contributed by atoms with Crippen LogP contribution in [0.15, 0.2) is 42.7 Å². The number of piperidine rings is 1. The molecule has 0 spiro atoms. The van der Waals surface area contributed by atoms with Gasteiger partial charge in [-0.1, -0.05) is 30.3 Å². The Morgan fingerprint density at radius 1 is 1.11 bits per heavy atom. The van der Waals surface area contributed by atoms with E-state index >= 15 is 0 Å². The summed E-state index contributed by atoms with van der Waals surface area (Å²) in [5, 5.41) is 17.8. The highest BCUT2D eigenvalue weighted by Gasteiger charge is 2.48. The van der Waals surface area contributed by atoms with Gasteiger partial charge in [-0.3, -0.25) is 4.90 Å². The number of fused-ring (bicyclic) bond motifs is 1. The fourth-order valence-corrected chi connectivity index (χ4v) is 5.86. The molecule has 1 aliphatic carbocycles. The largest absolute Gasteiger partial charge is 0.445 e. The van der Waals surface area contributed by atoms with Crippen LogP contribution in [0.5, 0.6) is 0 Å². The van der Waals surface area contributed by atoms with Crippen LogP contribution in [0.1, 0.15) is 88.3 Å². The summed E-state index contributed by atoms with van der Waals surface area (Å²) in [5.74, 6) is -3.17. The third-order valence-corrected chi connectivity index (χ3v) is 8.35. The molecule has 1 saturated heterocycles. The maximum atomic E-state index is 14.0. The molecule has 0 radical (unpaired) electrons. The van der Waals surface area contributed by atoms with Gasteiger partial charge in [-0.15, -0.1) is 0 Å². The summed E-state index contributed by atoms with van der Waals surface area (Å²) in [6.07, 6.45) is -3.13. The summed E-state index contributed by atoms with van der Waals surface area (Å²) in [6.45, 7) is 4.81. The predicted molar refractivity (Wildman–Crippen MR) is 156 cm³/mol. The van der Waals surface area contributed by atoms with Crippen LogP contribution in [0, 0.1) is 5.92 Å². The van der Waals surface area contributed by atoms with Crippen LogP contribution in [0.3, 0.4) is 0 Å². The number of hydrogen-bond acceptors (Lipinski definition) is 8. The summed E-state index contributed by atoms with van der Waals surface area (Å²) >= 11 is 0. The van der Waals surface area contributed by atoms with Crippen LogP contribution in [-0.4, -0.2) is 71.9 Å². The number of hydrogen-bond donors (Lipinski definition) is 2. The molecule has 2 fully saturated rings. The number of ether oxygens (including phenoxy) is 2. The standard InChI is InChI=1S/C31H38F4N6O5/c1-29(2,3)46-28(43)40-14-13-30(44,25(32)33)15-23(40)21-16-36-41-17-22(38-26(41)37-21)24(20-9-11-31(34,35)12-10-20)39-27(42)45-18-19-7-5-4-6-8-19/h4-8,16-17,20,23-25,44H,9-15,18H2,1-3H3,(H,39,42)/t23?,24-,30?/m0/s1. The van der Waals surface area contributed by atoms with Crippen LogP contribution in [0.2, 0.25) is 0 Å². The van der Waals surface area contributed by atoms with Crippen molar-refractivity contribution in [1.29, 1.82) is 0 Å². The molecule has 2 unspecified atom stereocenters. The Bertz CT molecular complexity index is 1520. The quantitative estimate of drug-likeness (QED) is 0.299. The van der Waals surface area contributed by atoms with Gasteiger partial charge in [0.1, 0.15) is 17.8 Å². The number of benzene rings is 1. The molecule has 5 rings (SSSR count). The Labute approximate surface area is 263 Å². The van der Waals surface area contributed by atoms with E-state index in [1.165, 1.54) is 21.8 Å². The number of likely N-dealkylation sites (tertiary alicyclic amines) is 1. The number of aliphatic hydroxyl groups is 1. The fraction of sp³-hybridized carbons (Fsp3) is 0.581. The number of alkyl halides is 4. The summed E-state index contributed by atoms with van der Waals surface area (Å²) in [7, 11) is 0. The van der Waals surface area contributed by atoms with Gasteiger partial charge >= 0.3 is 12.2 Å². The maximum absolute atomic E-state index is 14.0. The molecule has 3 atom stereocenters. The first-order valence-electron chi connectivity index (χ1n) is 15.2. The molecule has 1 saturated carbocycles. The molecule has 11 nitrogen and oxygen atoms in total. The third-order valence-electron chi connectivity index (χ3n) is 8.35. The number of rotatable bonds is 7. The van der Waals surface area contributed by atoms with Crippen LogP contribution < -0.4 is 5.32 Å². The minimum Gasteiger partial charge on any atom is -0.445 e. The zero-order valence-electron chi connectivity index (χ0n) is 25.8. The highest BCUT2D eigenvalue weighted by molar-refractivity contribution is 5.69. The average molecular weight is 651 g/mol. The summed E-state index contributed by atoms with van der Waals surface area (Å²) in [4.78, 5) is 36.2. The summed E-state index contributed by atoms with van der Waals surface area (Å²) < 4.78 is 68.0. The van der Waals surface area contributed by atoms with E-state index in [2.05, 4.69) is 20.4 Å². The molecular formula is C31H38F4N6O5. The van der Waals surface area contributed by atoms with Gasteiger partial charge in [0.05, 0.1) is 35.9 Å². The first kappa shape index (κ1) is 33.4. The average Bonchev–Trinajstić information content (AvgIpc) is 3.42. The Hall–Kier alpha value is -4.01. The second-order valence-corrected chi connectivity index (χ2v) is 13.0. The second-order valence-electron chi connectivity index (χ2n) is 13.0. The zero-order valence-corrected chi connectivity index (χ0v) is 25.8. The summed E-state index contributed by atoms with van der Waals surface area (Å²) in [6, 6.07) is 7.11. The van der Waals surface area contributed by atoms with E-state index in [0.29, 0.717) is 5.69 Å². The van der Waals surface area contributed by atoms with Gasteiger partial charge in [-0.2, -0.15) is 5.10 Å². The number of nitrogens with one attached hydrogen (secondary N) is 1. The van der Waals surface area contributed by atoms with Crippen molar-refractivity contribution in [3.63, 3.8) is 0 Å². The first-order chi connectivity index (χ1) is 21.6. The molecule has 0 bridgehead atoms. The topological polar surface area (TPSA) is 131 Å². The highest BCUT2D eigenvalue weighted by atomic mass is 19.3. The van der Waals surface area contributed by atoms with Gasteiger partial charge in [-0.05, 0) is 51.5 Å². The fourth-order valence-electron chi connectivity index (χ4n) is 5.86. The highest BCUT2D eigenvalue weighted by Crippen LogP contribution is 2.42. The second kappa shape index (κ2) is 13.0. The number of carbonyl (C=O) groups excluding carboxylic acids is 2. The number of amides is 2. The number of carbonyl (C=O) groups is 2. The Morgan fingerprint density at radius 3 is 2.46 bits per heavy atom. The van der Waals surface area contributed by atoms with Crippen LogP contribution in [-0.2, 0) is 16.1 Å². The van der Waals surface area contributed by atoms with Crippen LogP contribution in [0.25, 0.3) is 5.78 Å². The van der Waals surface area contributed by atoms with Crippen molar-refractivity contribution in [2.24, 2.45) is 5.92 Å². The Kier molecular flexibility index (Phi) is 9.43. The van der Waals surface area contributed by atoms with Gasteiger partial charge in [0.15, 0.2) is 0 Å². The lowest BCUT2D eigenvalue weighted by molar-refractivity contribution is -0.139. The van der Waals surface area contributed by atoms with Gasteiger partial charge < -0.3 is 19.9 Å². The number of nitrogens with zero attached hydrogens (tertiary/aromatic N) is 5. The molecule has 250 valence electrons. The van der Waals surface area contributed by atoms with Crippen molar-refractivity contribution in [2.75, 3.05) is 6.54 Å². The molecule has 1 aliphatic heterocycles. The molecule has 2 aliphatic rings. The van der Waals surface area contributed by atoms with E-state index in [0.717, 1.165) is 5.56 Å². The normalized spacial score (nSPS) is 22.9. The molecule has 2 amide bonds. The zero-order chi connectivity index (χ0) is 33.3. The maximum Gasteiger partial charge on any atom is 0.410 e. The van der Waals surface area contributed by atoms with E-state index < -0.39 is 60.2 Å². The lowest BCUT2D eigenvalue weighted by atomic mass is 9.81. The molecule has 46 heavy (non-hydrogen) atoms. The number of alkyl carbamates (subject to hydrolysis) is 1. The Morgan fingerprint density at radius 2 is 1.80 bits per heavy atom. The van der Waals surface area contributed by atoms with Crippen molar-refractivity contribution in [1.82, 2.24) is 29.8 Å². The molecule has 2 aromatic heterocycles. The number of halogens is 4. The van der Waals surface area contributed by atoms with Crippen LogP contribution >= 0.6 is 0 Å². The van der Waals surface area contributed by atoms with Crippen molar-refractivity contribution in [3.8, 4) is 0 Å².